The summed E-state index contributed by atoms with van der Waals surface area (Å²) in [6.45, 7) is 4.13. The van der Waals surface area contributed by atoms with Gasteiger partial charge in [0.05, 0.1) is 18.2 Å². The van der Waals surface area contributed by atoms with Gasteiger partial charge in [0.25, 0.3) is 0 Å². The first-order valence-corrected chi connectivity index (χ1v) is 11.2. The third-order valence-electron chi connectivity index (χ3n) is 5.88. The maximum Gasteiger partial charge on any atom is 0.194 e. The van der Waals surface area contributed by atoms with Crippen LogP contribution in [-0.4, -0.2) is 42.4 Å². The van der Waals surface area contributed by atoms with E-state index in [0.717, 1.165) is 36.6 Å². The number of aliphatic hydroxyl groups is 1. The van der Waals surface area contributed by atoms with Gasteiger partial charge >= 0.3 is 0 Å². The third-order valence-corrected chi connectivity index (χ3v) is 7.17. The van der Waals surface area contributed by atoms with Gasteiger partial charge in [-0.25, -0.2) is 9.98 Å². The van der Waals surface area contributed by atoms with Crippen molar-refractivity contribution in [1.29, 1.82) is 0 Å². The lowest BCUT2D eigenvalue weighted by atomic mass is 9.81. The van der Waals surface area contributed by atoms with Crippen LogP contribution in [0.3, 0.4) is 0 Å². The van der Waals surface area contributed by atoms with Crippen molar-refractivity contribution in [3.63, 3.8) is 0 Å². The molecule has 31 heavy (non-hydrogen) atoms. The zero-order valence-electron chi connectivity index (χ0n) is 17.0. The first-order valence-electron chi connectivity index (χ1n) is 9.99. The summed E-state index contributed by atoms with van der Waals surface area (Å²) in [5.74, 6) is 7.17. The Morgan fingerprint density at radius 3 is 3.06 bits per heavy atom. The molecule has 1 fully saturated rings. The van der Waals surface area contributed by atoms with Crippen molar-refractivity contribution in [3.8, 4) is 11.8 Å². The van der Waals surface area contributed by atoms with Crippen molar-refractivity contribution in [1.82, 2.24) is 10.3 Å². The topological polar surface area (TPSA) is 96.0 Å². The molecule has 3 aliphatic rings. The Kier molecular flexibility index (Phi) is 4.94. The number of anilines is 1. The van der Waals surface area contributed by atoms with Gasteiger partial charge in [-0.3, -0.25) is 0 Å². The van der Waals surface area contributed by atoms with Crippen LogP contribution in [-0.2, 0) is 15.8 Å². The second-order valence-corrected chi connectivity index (χ2v) is 9.49. The molecule has 7 nitrogen and oxygen atoms in total. The molecule has 0 radical (unpaired) electrons. The highest BCUT2D eigenvalue weighted by Crippen LogP contribution is 2.47. The van der Waals surface area contributed by atoms with Crippen molar-refractivity contribution in [2.45, 2.75) is 24.4 Å². The van der Waals surface area contributed by atoms with Crippen LogP contribution in [0.1, 0.15) is 29.5 Å². The van der Waals surface area contributed by atoms with Crippen LogP contribution in [0, 0.1) is 11.8 Å². The average Bonchev–Trinajstić information content (AvgIpc) is 3.50. The number of thiazole rings is 1. The normalized spacial score (nSPS) is 24.4. The summed E-state index contributed by atoms with van der Waals surface area (Å²) in [5, 5.41) is 16.8. The zero-order chi connectivity index (χ0) is 21.6. The van der Waals surface area contributed by atoms with Crippen LogP contribution in [0.2, 0.25) is 0 Å². The monoisotopic (exact) mass is 455 g/mol. The van der Waals surface area contributed by atoms with Gasteiger partial charge < -0.3 is 25.8 Å². The number of guanidine groups is 1. The van der Waals surface area contributed by atoms with E-state index in [9.17, 15) is 5.11 Å². The second kappa shape index (κ2) is 7.53. The van der Waals surface area contributed by atoms with Crippen molar-refractivity contribution in [2.75, 3.05) is 31.2 Å². The number of ether oxygens (including phenoxy) is 1. The molecule has 4 heterocycles. The molecule has 2 unspecified atom stereocenters. The quantitative estimate of drug-likeness (QED) is 0.601. The third kappa shape index (κ3) is 3.58. The first-order chi connectivity index (χ1) is 14.9. The second-order valence-electron chi connectivity index (χ2n) is 8.14. The van der Waals surface area contributed by atoms with Crippen LogP contribution in [0.15, 0.2) is 45.6 Å². The van der Waals surface area contributed by atoms with Crippen molar-refractivity contribution >= 4 is 34.6 Å². The van der Waals surface area contributed by atoms with Gasteiger partial charge in [-0.1, -0.05) is 29.5 Å². The SMILES string of the molecule is CC(O)(C#Cc1ccc2c(c1)N(C1=C(Cl)CN=C(N)N1)CC21CCOC1)c1nccs1. The van der Waals surface area contributed by atoms with Crippen molar-refractivity contribution in [2.24, 2.45) is 10.7 Å². The van der Waals surface area contributed by atoms with E-state index in [2.05, 4.69) is 38.1 Å². The molecule has 160 valence electrons. The molecule has 1 saturated heterocycles. The lowest BCUT2D eigenvalue weighted by Crippen LogP contribution is -2.44. The van der Waals surface area contributed by atoms with Gasteiger partial charge in [0.15, 0.2) is 11.6 Å². The van der Waals surface area contributed by atoms with E-state index < -0.39 is 5.60 Å². The van der Waals surface area contributed by atoms with Gasteiger partial charge in [-0.2, -0.15) is 0 Å². The van der Waals surface area contributed by atoms with E-state index in [1.54, 1.807) is 13.1 Å². The molecule has 4 N–H and O–H groups in total. The van der Waals surface area contributed by atoms with Gasteiger partial charge in [-0.15, -0.1) is 11.3 Å². The number of hydrogen-bond donors (Lipinski definition) is 3. The minimum atomic E-state index is -1.31. The summed E-state index contributed by atoms with van der Waals surface area (Å²) >= 11 is 7.90. The Morgan fingerprint density at radius 2 is 2.32 bits per heavy atom. The number of nitrogens with two attached hydrogens (primary N) is 1. The number of nitrogens with zero attached hydrogens (tertiary/aromatic N) is 3. The number of benzene rings is 1. The highest BCUT2D eigenvalue weighted by molar-refractivity contribution is 7.09. The molecule has 0 aliphatic carbocycles. The fourth-order valence-corrected chi connectivity index (χ4v) is 5.14. The predicted molar refractivity (Wildman–Crippen MR) is 122 cm³/mol. The fourth-order valence-electron chi connectivity index (χ4n) is 4.28. The first kappa shape index (κ1) is 20.3. The van der Waals surface area contributed by atoms with Gasteiger partial charge in [0.2, 0.25) is 0 Å². The minimum Gasteiger partial charge on any atom is -0.380 e. The van der Waals surface area contributed by atoms with E-state index in [1.165, 1.54) is 16.9 Å². The molecular weight excluding hydrogens is 434 g/mol. The molecule has 2 atom stereocenters. The lowest BCUT2D eigenvalue weighted by molar-refractivity contribution is 0.122. The molecule has 1 aromatic heterocycles. The number of fused-ring (bicyclic) bond motifs is 2. The predicted octanol–water partition coefficient (Wildman–Crippen LogP) is 2.21. The Morgan fingerprint density at radius 1 is 1.45 bits per heavy atom. The van der Waals surface area contributed by atoms with E-state index in [-0.39, 0.29) is 5.41 Å². The van der Waals surface area contributed by atoms with Gasteiger partial charge in [0, 0.05) is 41.4 Å². The highest BCUT2D eigenvalue weighted by atomic mass is 35.5. The maximum absolute atomic E-state index is 10.7. The smallest absolute Gasteiger partial charge is 0.194 e. The Bertz CT molecular complexity index is 1140. The van der Waals surface area contributed by atoms with Crippen molar-refractivity contribution in [3.05, 3.63) is 56.8 Å². The Hall–Kier alpha value is -2.57. The van der Waals surface area contributed by atoms with Crippen LogP contribution >= 0.6 is 22.9 Å². The van der Waals surface area contributed by atoms with Crippen molar-refractivity contribution < 1.29 is 9.84 Å². The molecule has 3 aliphatic heterocycles. The van der Waals surface area contributed by atoms with Gasteiger partial charge in [0.1, 0.15) is 10.8 Å². The summed E-state index contributed by atoms with van der Waals surface area (Å²) in [6, 6.07) is 6.14. The molecular formula is C22H22ClN5O2S. The molecule has 0 bridgehead atoms. The minimum absolute atomic E-state index is 0.0944. The molecule has 9 heteroatoms. The van der Waals surface area contributed by atoms with Crippen LogP contribution < -0.4 is 16.0 Å². The Labute approximate surface area is 189 Å². The molecule has 0 amide bonds. The van der Waals surface area contributed by atoms with E-state index in [4.69, 9.17) is 22.1 Å². The molecule has 5 rings (SSSR count). The van der Waals surface area contributed by atoms with Crippen LogP contribution in [0.25, 0.3) is 0 Å². The maximum atomic E-state index is 10.7. The molecule has 2 aromatic rings. The average molecular weight is 456 g/mol. The molecule has 0 saturated carbocycles. The number of aliphatic imine (C=N–C) groups is 1. The molecule has 1 aromatic carbocycles. The fraction of sp³-hybridized carbons (Fsp3) is 0.364. The van der Waals surface area contributed by atoms with E-state index in [0.29, 0.717) is 29.2 Å². The number of rotatable bonds is 2. The summed E-state index contributed by atoms with van der Waals surface area (Å²) in [7, 11) is 0. The number of nitrogens with one attached hydrogen (secondary N) is 1. The molecule has 1 spiro atoms. The summed E-state index contributed by atoms with van der Waals surface area (Å²) in [4.78, 5) is 10.5. The summed E-state index contributed by atoms with van der Waals surface area (Å²) in [5.41, 5.74) is 7.55. The largest absolute Gasteiger partial charge is 0.380 e. The lowest BCUT2D eigenvalue weighted by Gasteiger charge is -2.29. The van der Waals surface area contributed by atoms with E-state index in [1.807, 2.05) is 17.5 Å². The highest BCUT2D eigenvalue weighted by Gasteiger charge is 2.47. The standard InChI is InChI=1S/C22H22ClN5O2S/c1-21(29,19-25-7-9-31-19)5-4-14-2-3-15-17(10-14)28(12-22(15)6-8-30-13-22)18-16(23)11-26-20(24)27-18/h2-3,7,9-10,29H,6,8,11-13H2,1H3,(H3,24,26,27). The Balaban J connectivity index is 1.54. The van der Waals surface area contributed by atoms with E-state index >= 15 is 0 Å². The number of hydrogen-bond acceptors (Lipinski definition) is 8. The summed E-state index contributed by atoms with van der Waals surface area (Å²) in [6.07, 6.45) is 2.60. The van der Waals surface area contributed by atoms with Gasteiger partial charge in [-0.05, 0) is 31.0 Å². The van der Waals surface area contributed by atoms with Crippen LogP contribution in [0.5, 0.6) is 0 Å². The van der Waals surface area contributed by atoms with Crippen LogP contribution in [0.4, 0.5) is 5.69 Å². The number of aromatic nitrogens is 1. The zero-order valence-corrected chi connectivity index (χ0v) is 18.6. The number of halogens is 1. The summed E-state index contributed by atoms with van der Waals surface area (Å²) < 4.78 is 5.78.